The minimum absolute atomic E-state index is 0.0955. The van der Waals surface area contributed by atoms with Crippen LogP contribution in [0.4, 0.5) is 0 Å². The zero-order chi connectivity index (χ0) is 23.6. The summed E-state index contributed by atoms with van der Waals surface area (Å²) in [6.45, 7) is 4.70. The second-order valence-electron chi connectivity index (χ2n) is 10.0. The number of hydrogen-bond donors (Lipinski definition) is 0. The Labute approximate surface area is 206 Å². The molecule has 0 unspecified atom stereocenters. The Balaban J connectivity index is 1.49. The Bertz CT molecular complexity index is 1770. The van der Waals surface area contributed by atoms with E-state index in [0.29, 0.717) is 0 Å². The van der Waals surface area contributed by atoms with Gasteiger partial charge in [-0.05, 0) is 103 Å². The van der Waals surface area contributed by atoms with Gasteiger partial charge in [0.1, 0.15) is 0 Å². The molecule has 6 aromatic carbocycles. The quantitative estimate of drug-likeness (QED) is 0.236. The Morgan fingerprint density at radius 2 is 1.09 bits per heavy atom. The summed E-state index contributed by atoms with van der Waals surface area (Å²) in [5.41, 5.74) is 8.47. The molecule has 0 saturated heterocycles. The first-order valence-corrected chi connectivity index (χ1v) is 12.8. The molecule has 0 N–H and O–H groups in total. The highest BCUT2D eigenvalue weighted by Crippen LogP contribution is 2.53. The number of hydrogen-bond acceptors (Lipinski definition) is 0. The zero-order valence-corrected chi connectivity index (χ0v) is 20.3. The van der Waals surface area contributed by atoms with Crippen LogP contribution in [-0.2, 0) is 5.41 Å². The third kappa shape index (κ3) is 2.86. The van der Waals surface area contributed by atoms with E-state index in [-0.39, 0.29) is 5.41 Å². The first-order valence-electron chi connectivity index (χ1n) is 12.8. The van der Waals surface area contributed by atoms with Gasteiger partial charge in [0.25, 0.3) is 0 Å². The van der Waals surface area contributed by atoms with Gasteiger partial charge in [-0.15, -0.1) is 0 Å². The normalized spacial score (nSPS) is 13.9. The van der Waals surface area contributed by atoms with Crippen LogP contribution in [0.2, 0.25) is 0 Å². The second-order valence-corrected chi connectivity index (χ2v) is 10.0. The third-order valence-electron chi connectivity index (χ3n) is 8.51. The lowest BCUT2D eigenvalue weighted by molar-refractivity contribution is 0.491. The lowest BCUT2D eigenvalue weighted by atomic mass is 9.73. The van der Waals surface area contributed by atoms with Gasteiger partial charge >= 0.3 is 0 Å². The van der Waals surface area contributed by atoms with Gasteiger partial charge in [0, 0.05) is 5.41 Å². The fourth-order valence-corrected chi connectivity index (χ4v) is 6.56. The monoisotopic (exact) mass is 448 g/mol. The summed E-state index contributed by atoms with van der Waals surface area (Å²) in [7, 11) is 0. The SMILES string of the molecule is CCC1(CC)c2ccccc2-c2cc3ccc4ccc(-c5ccc6ccccc6c5)cc4c3cc21. The molecule has 35 heavy (non-hydrogen) atoms. The Morgan fingerprint density at radius 1 is 0.457 bits per heavy atom. The van der Waals surface area contributed by atoms with Crippen molar-refractivity contribution < 1.29 is 0 Å². The molecule has 0 spiro atoms. The van der Waals surface area contributed by atoms with Crippen LogP contribution >= 0.6 is 0 Å². The van der Waals surface area contributed by atoms with Gasteiger partial charge in [-0.2, -0.15) is 0 Å². The van der Waals surface area contributed by atoms with E-state index in [9.17, 15) is 0 Å². The summed E-state index contributed by atoms with van der Waals surface area (Å²) in [6.07, 6.45) is 2.23. The van der Waals surface area contributed by atoms with Crippen LogP contribution in [0.5, 0.6) is 0 Å². The first-order chi connectivity index (χ1) is 17.2. The fraction of sp³-hybridized carbons (Fsp3) is 0.143. The molecular formula is C35H28. The maximum Gasteiger partial charge on any atom is 0.0210 e. The molecular weight excluding hydrogens is 420 g/mol. The fourth-order valence-electron chi connectivity index (χ4n) is 6.56. The summed E-state index contributed by atoms with van der Waals surface area (Å²) >= 11 is 0. The Morgan fingerprint density at radius 3 is 1.91 bits per heavy atom. The standard InChI is InChI=1S/C35H28/c1-3-35(4-2)33-12-8-7-11-29(33)32-21-28-18-15-24-14-17-27(20-30(24)31(28)22-34(32)35)26-16-13-23-9-5-6-10-25(23)19-26/h5-22H,3-4H2,1-2H3. The van der Waals surface area contributed by atoms with E-state index < -0.39 is 0 Å². The van der Waals surface area contributed by atoms with Crippen molar-refractivity contribution in [3.05, 3.63) is 120 Å². The lowest BCUT2D eigenvalue weighted by Crippen LogP contribution is -2.22. The Kier molecular flexibility index (Phi) is 4.42. The molecule has 6 aromatic rings. The lowest BCUT2D eigenvalue weighted by Gasteiger charge is -2.29. The highest BCUT2D eigenvalue weighted by molar-refractivity contribution is 6.11. The smallest absolute Gasteiger partial charge is 0.0210 e. The Hall–Kier alpha value is -3.90. The van der Waals surface area contributed by atoms with Gasteiger partial charge in [0.05, 0.1) is 0 Å². The van der Waals surface area contributed by atoms with E-state index in [1.54, 1.807) is 0 Å². The molecule has 0 amide bonds. The largest absolute Gasteiger partial charge is 0.0642 e. The first kappa shape index (κ1) is 20.5. The molecule has 0 saturated carbocycles. The van der Waals surface area contributed by atoms with Gasteiger partial charge in [-0.1, -0.05) is 98.8 Å². The molecule has 0 bridgehead atoms. The van der Waals surface area contributed by atoms with Crippen molar-refractivity contribution in [1.29, 1.82) is 0 Å². The molecule has 168 valence electrons. The zero-order valence-electron chi connectivity index (χ0n) is 20.3. The topological polar surface area (TPSA) is 0 Å². The van der Waals surface area contributed by atoms with E-state index in [0.717, 1.165) is 12.8 Å². The van der Waals surface area contributed by atoms with Crippen molar-refractivity contribution in [1.82, 2.24) is 0 Å². The maximum atomic E-state index is 2.52. The van der Waals surface area contributed by atoms with Crippen molar-refractivity contribution in [2.24, 2.45) is 0 Å². The molecule has 0 atom stereocenters. The van der Waals surface area contributed by atoms with Crippen LogP contribution in [0.1, 0.15) is 37.8 Å². The third-order valence-corrected chi connectivity index (χ3v) is 8.51. The van der Waals surface area contributed by atoms with Crippen LogP contribution in [0.25, 0.3) is 54.6 Å². The van der Waals surface area contributed by atoms with E-state index in [4.69, 9.17) is 0 Å². The van der Waals surface area contributed by atoms with Crippen molar-refractivity contribution >= 4 is 32.3 Å². The molecule has 1 aliphatic carbocycles. The van der Waals surface area contributed by atoms with Gasteiger partial charge in [0.2, 0.25) is 0 Å². The van der Waals surface area contributed by atoms with Crippen LogP contribution in [0.15, 0.2) is 109 Å². The van der Waals surface area contributed by atoms with Crippen molar-refractivity contribution in [2.45, 2.75) is 32.1 Å². The molecule has 0 aromatic heterocycles. The highest BCUT2D eigenvalue weighted by atomic mass is 14.4. The minimum Gasteiger partial charge on any atom is -0.0642 e. The average Bonchev–Trinajstić information content (AvgIpc) is 3.20. The second kappa shape index (κ2) is 7.55. The summed E-state index contributed by atoms with van der Waals surface area (Å²) in [6, 6.07) is 40.9. The number of fused-ring (bicyclic) bond motifs is 7. The minimum atomic E-state index is 0.0955. The summed E-state index contributed by atoms with van der Waals surface area (Å²) in [5.74, 6) is 0. The van der Waals surface area contributed by atoms with Crippen molar-refractivity contribution in [3.63, 3.8) is 0 Å². The molecule has 0 aliphatic heterocycles. The van der Waals surface area contributed by atoms with Crippen LogP contribution in [0, 0.1) is 0 Å². The van der Waals surface area contributed by atoms with Gasteiger partial charge in [-0.25, -0.2) is 0 Å². The van der Waals surface area contributed by atoms with Crippen LogP contribution < -0.4 is 0 Å². The van der Waals surface area contributed by atoms with E-state index in [1.807, 2.05) is 0 Å². The van der Waals surface area contributed by atoms with Crippen molar-refractivity contribution in [3.8, 4) is 22.3 Å². The molecule has 0 fully saturated rings. The molecule has 0 heteroatoms. The molecule has 0 heterocycles. The predicted octanol–water partition coefficient (Wildman–Crippen LogP) is 9.90. The van der Waals surface area contributed by atoms with Gasteiger partial charge in [0.15, 0.2) is 0 Å². The van der Waals surface area contributed by atoms with Crippen molar-refractivity contribution in [2.75, 3.05) is 0 Å². The van der Waals surface area contributed by atoms with Crippen LogP contribution in [0.3, 0.4) is 0 Å². The van der Waals surface area contributed by atoms with E-state index >= 15 is 0 Å². The van der Waals surface area contributed by atoms with Crippen LogP contribution in [-0.4, -0.2) is 0 Å². The highest BCUT2D eigenvalue weighted by Gasteiger charge is 2.40. The molecule has 0 nitrogen and oxygen atoms in total. The maximum absolute atomic E-state index is 2.52. The summed E-state index contributed by atoms with van der Waals surface area (Å²) in [4.78, 5) is 0. The summed E-state index contributed by atoms with van der Waals surface area (Å²) < 4.78 is 0. The average molecular weight is 449 g/mol. The summed E-state index contributed by atoms with van der Waals surface area (Å²) in [5, 5.41) is 7.90. The number of benzene rings is 6. The van der Waals surface area contributed by atoms with Gasteiger partial charge in [-0.3, -0.25) is 0 Å². The molecule has 1 aliphatic rings. The molecule has 7 rings (SSSR count). The van der Waals surface area contributed by atoms with Gasteiger partial charge < -0.3 is 0 Å². The number of rotatable bonds is 3. The van der Waals surface area contributed by atoms with E-state index in [1.165, 1.54) is 65.7 Å². The van der Waals surface area contributed by atoms with E-state index in [2.05, 4.69) is 123 Å². The molecule has 0 radical (unpaired) electrons. The predicted molar refractivity (Wildman–Crippen MR) is 151 cm³/mol.